The van der Waals surface area contributed by atoms with Gasteiger partial charge in [-0.15, -0.1) is 11.8 Å². The maximum atomic E-state index is 12.3. The molecule has 2 rings (SSSR count). The largest absolute Gasteiger partial charge is 0.325 e. The van der Waals surface area contributed by atoms with Crippen LogP contribution in [0.4, 0.5) is 5.69 Å². The Morgan fingerprint density at radius 3 is 2.55 bits per heavy atom. The molecule has 0 saturated carbocycles. The number of benzene rings is 2. The molecule has 0 aliphatic carbocycles. The maximum Gasteiger partial charge on any atom is 0.237 e. The van der Waals surface area contributed by atoms with Crippen LogP contribution >= 0.6 is 27.7 Å². The molecule has 2 aromatic carbocycles. The number of anilines is 1. The summed E-state index contributed by atoms with van der Waals surface area (Å²) in [6, 6.07) is 16.2. The summed E-state index contributed by atoms with van der Waals surface area (Å²) in [7, 11) is 0. The lowest BCUT2D eigenvalue weighted by atomic mass is 10.1. The minimum absolute atomic E-state index is 0.0583. The minimum atomic E-state index is -0.0893. The van der Waals surface area contributed by atoms with Gasteiger partial charge in [-0.2, -0.15) is 0 Å². The van der Waals surface area contributed by atoms with Crippen LogP contribution in [0.3, 0.4) is 0 Å². The van der Waals surface area contributed by atoms with E-state index >= 15 is 0 Å². The first-order valence-electron chi connectivity index (χ1n) is 7.35. The molecule has 2 nitrogen and oxygen atoms in total. The van der Waals surface area contributed by atoms with E-state index in [1.54, 1.807) is 11.8 Å². The number of thioether (sulfide) groups is 1. The number of para-hydroxylation sites is 1. The molecule has 2 aromatic rings. The highest BCUT2D eigenvalue weighted by Crippen LogP contribution is 2.22. The number of hydrogen-bond donors (Lipinski definition) is 1. The van der Waals surface area contributed by atoms with Crippen molar-refractivity contribution in [1.82, 2.24) is 0 Å². The second kappa shape index (κ2) is 8.39. The highest BCUT2D eigenvalue weighted by atomic mass is 79.9. The number of rotatable bonds is 6. The zero-order chi connectivity index (χ0) is 15.9. The molecule has 1 atom stereocenters. The summed E-state index contributed by atoms with van der Waals surface area (Å²) < 4.78 is 1.07. The number of amides is 1. The molecule has 0 radical (unpaired) electrons. The van der Waals surface area contributed by atoms with E-state index in [9.17, 15) is 4.79 Å². The number of carbonyl (C=O) groups excluding carboxylic acids is 1. The van der Waals surface area contributed by atoms with Gasteiger partial charge in [0, 0.05) is 15.9 Å². The Morgan fingerprint density at radius 1 is 1.18 bits per heavy atom. The van der Waals surface area contributed by atoms with Crippen molar-refractivity contribution in [3.8, 4) is 0 Å². The smallest absolute Gasteiger partial charge is 0.237 e. The summed E-state index contributed by atoms with van der Waals surface area (Å²) in [5.74, 6) is 0.889. The summed E-state index contributed by atoms with van der Waals surface area (Å²) >= 11 is 5.08. The fraction of sp³-hybridized carbons (Fsp3) is 0.278. The van der Waals surface area contributed by atoms with Gasteiger partial charge in [0.2, 0.25) is 5.91 Å². The van der Waals surface area contributed by atoms with E-state index in [1.807, 2.05) is 37.3 Å². The highest BCUT2D eigenvalue weighted by molar-refractivity contribution is 9.10. The zero-order valence-electron chi connectivity index (χ0n) is 12.8. The van der Waals surface area contributed by atoms with Crippen molar-refractivity contribution in [2.24, 2.45) is 0 Å². The minimum Gasteiger partial charge on any atom is -0.325 e. The van der Waals surface area contributed by atoms with E-state index in [2.05, 4.69) is 46.4 Å². The normalized spacial score (nSPS) is 12.0. The average molecular weight is 378 g/mol. The first kappa shape index (κ1) is 17.1. The quantitative estimate of drug-likeness (QED) is 0.742. The average Bonchev–Trinajstić information content (AvgIpc) is 2.54. The Kier molecular flexibility index (Phi) is 6.52. The van der Waals surface area contributed by atoms with Gasteiger partial charge in [-0.1, -0.05) is 53.2 Å². The fourth-order valence-corrected chi connectivity index (χ4v) is 3.17. The number of nitrogens with one attached hydrogen (secondary N) is 1. The zero-order valence-corrected chi connectivity index (χ0v) is 15.2. The van der Waals surface area contributed by atoms with E-state index in [0.717, 1.165) is 22.3 Å². The molecule has 0 bridgehead atoms. The SMILES string of the molecule is CCc1ccccc1NC(=O)[C@@H](C)SCc1ccc(Br)cc1. The van der Waals surface area contributed by atoms with Gasteiger partial charge in [0.1, 0.15) is 0 Å². The molecule has 1 amide bonds. The second-order valence-corrected chi connectivity index (χ2v) is 7.32. The second-order valence-electron chi connectivity index (χ2n) is 5.08. The van der Waals surface area contributed by atoms with Crippen LogP contribution in [-0.4, -0.2) is 11.2 Å². The summed E-state index contributed by atoms with van der Waals surface area (Å²) in [5, 5.41) is 2.95. The predicted molar refractivity (Wildman–Crippen MR) is 99.3 cm³/mol. The van der Waals surface area contributed by atoms with Gasteiger partial charge in [0.05, 0.1) is 5.25 Å². The van der Waals surface area contributed by atoms with Gasteiger partial charge in [0.25, 0.3) is 0 Å². The first-order valence-corrected chi connectivity index (χ1v) is 9.19. The molecule has 0 aliphatic heterocycles. The third-order valence-corrected chi connectivity index (χ3v) is 5.18. The molecule has 0 heterocycles. The molecule has 0 spiro atoms. The Balaban J connectivity index is 1.90. The molecule has 0 saturated heterocycles. The molecule has 0 aliphatic rings. The van der Waals surface area contributed by atoms with Crippen molar-refractivity contribution in [1.29, 1.82) is 0 Å². The van der Waals surface area contributed by atoms with Crippen LogP contribution in [-0.2, 0) is 17.0 Å². The van der Waals surface area contributed by atoms with Crippen molar-refractivity contribution in [3.63, 3.8) is 0 Å². The van der Waals surface area contributed by atoms with Crippen LogP contribution in [0.15, 0.2) is 53.0 Å². The fourth-order valence-electron chi connectivity index (χ4n) is 2.06. The lowest BCUT2D eigenvalue weighted by molar-refractivity contribution is -0.115. The first-order chi connectivity index (χ1) is 10.6. The van der Waals surface area contributed by atoms with Crippen molar-refractivity contribution in [2.75, 3.05) is 5.32 Å². The molecule has 0 unspecified atom stereocenters. The maximum absolute atomic E-state index is 12.3. The van der Waals surface area contributed by atoms with E-state index in [1.165, 1.54) is 11.1 Å². The summed E-state index contributed by atoms with van der Waals surface area (Å²) in [6.07, 6.45) is 0.914. The Hall–Kier alpha value is -1.26. The number of carbonyl (C=O) groups is 1. The number of aryl methyl sites for hydroxylation is 1. The van der Waals surface area contributed by atoms with E-state index in [4.69, 9.17) is 0 Å². The van der Waals surface area contributed by atoms with Gasteiger partial charge in [0.15, 0.2) is 0 Å². The van der Waals surface area contributed by atoms with Crippen LogP contribution in [0.1, 0.15) is 25.0 Å². The molecule has 22 heavy (non-hydrogen) atoms. The van der Waals surface area contributed by atoms with Crippen LogP contribution in [0.25, 0.3) is 0 Å². The molecule has 116 valence electrons. The van der Waals surface area contributed by atoms with Crippen molar-refractivity contribution in [2.45, 2.75) is 31.3 Å². The molecule has 4 heteroatoms. The van der Waals surface area contributed by atoms with Crippen LogP contribution in [0, 0.1) is 0 Å². The van der Waals surface area contributed by atoms with Gasteiger partial charge in [-0.05, 0) is 42.7 Å². The Morgan fingerprint density at radius 2 is 1.86 bits per heavy atom. The van der Waals surface area contributed by atoms with Crippen LogP contribution in [0.2, 0.25) is 0 Å². The standard InChI is InChI=1S/C18H20BrNOS/c1-3-15-6-4-5-7-17(15)20-18(21)13(2)22-12-14-8-10-16(19)11-9-14/h4-11,13H,3,12H2,1-2H3,(H,20,21)/t13-/m1/s1. The molecule has 0 aromatic heterocycles. The Bertz CT molecular complexity index is 627. The summed E-state index contributed by atoms with van der Waals surface area (Å²) in [5.41, 5.74) is 3.31. The molecule has 0 fully saturated rings. The lowest BCUT2D eigenvalue weighted by Gasteiger charge is -2.14. The van der Waals surface area contributed by atoms with E-state index in [-0.39, 0.29) is 11.2 Å². The lowest BCUT2D eigenvalue weighted by Crippen LogP contribution is -2.23. The third-order valence-electron chi connectivity index (χ3n) is 3.44. The number of halogens is 1. The van der Waals surface area contributed by atoms with Crippen LogP contribution in [0.5, 0.6) is 0 Å². The molecular formula is C18H20BrNOS. The van der Waals surface area contributed by atoms with E-state index < -0.39 is 0 Å². The monoisotopic (exact) mass is 377 g/mol. The van der Waals surface area contributed by atoms with Crippen molar-refractivity contribution in [3.05, 3.63) is 64.1 Å². The van der Waals surface area contributed by atoms with Crippen molar-refractivity contribution < 1.29 is 4.79 Å². The van der Waals surface area contributed by atoms with Crippen molar-refractivity contribution >= 4 is 39.3 Å². The molecule has 1 N–H and O–H groups in total. The third kappa shape index (κ3) is 4.89. The van der Waals surface area contributed by atoms with Crippen LogP contribution < -0.4 is 5.32 Å². The summed E-state index contributed by atoms with van der Waals surface area (Å²) in [6.45, 7) is 4.05. The topological polar surface area (TPSA) is 29.1 Å². The van der Waals surface area contributed by atoms with E-state index in [0.29, 0.717) is 0 Å². The van der Waals surface area contributed by atoms with Gasteiger partial charge < -0.3 is 5.32 Å². The molecular weight excluding hydrogens is 358 g/mol. The highest BCUT2D eigenvalue weighted by Gasteiger charge is 2.14. The van der Waals surface area contributed by atoms with Gasteiger partial charge in [-0.3, -0.25) is 4.79 Å². The van der Waals surface area contributed by atoms with Gasteiger partial charge in [-0.25, -0.2) is 0 Å². The Labute approximate surface area is 144 Å². The predicted octanol–water partition coefficient (Wildman–Crippen LogP) is 5.27. The number of hydrogen-bond acceptors (Lipinski definition) is 2. The van der Waals surface area contributed by atoms with Gasteiger partial charge >= 0.3 is 0 Å². The summed E-state index contributed by atoms with van der Waals surface area (Å²) in [4.78, 5) is 12.3.